The molecule has 3 aliphatic heterocycles. The van der Waals surface area contributed by atoms with Gasteiger partial charge in [0.15, 0.2) is 23.3 Å². The maximum Gasteiger partial charge on any atom is 0.162 e. The number of rotatable bonds is 0. The third-order valence-corrected chi connectivity index (χ3v) is 12.6. The number of aliphatic imine (C=N–C) groups is 6. The van der Waals surface area contributed by atoms with Crippen LogP contribution in [-0.4, -0.2) is 34.8 Å². The van der Waals surface area contributed by atoms with Crippen LogP contribution in [0.3, 0.4) is 0 Å². The van der Waals surface area contributed by atoms with Gasteiger partial charge in [0.1, 0.15) is 0 Å². The van der Waals surface area contributed by atoms with E-state index in [0.717, 1.165) is 110 Å². The molecule has 0 fully saturated rings. The van der Waals surface area contributed by atoms with E-state index in [4.69, 9.17) is 30.0 Å². The molecule has 0 spiro atoms. The van der Waals surface area contributed by atoms with Gasteiger partial charge in [-0.1, -0.05) is 111 Å². The minimum absolute atomic E-state index is 0.142. The van der Waals surface area contributed by atoms with E-state index >= 15 is 0 Å². The Morgan fingerprint density at radius 1 is 0.293 bits per heavy atom. The highest BCUT2D eigenvalue weighted by Crippen LogP contribution is 2.38. The third kappa shape index (κ3) is 4.48. The molecule has 0 saturated heterocycles. The molecular weight excluding hydrogens is 709 g/mol. The van der Waals surface area contributed by atoms with Crippen molar-refractivity contribution in [1.29, 1.82) is 0 Å². The normalized spacial score (nSPS) is 18.7. The van der Waals surface area contributed by atoms with Crippen LogP contribution < -0.4 is 10.4 Å². The van der Waals surface area contributed by atoms with Crippen LogP contribution in [0.2, 0.25) is 0 Å². The Kier molecular flexibility index (Phi) is 6.32. The maximum atomic E-state index is 5.54. The Morgan fingerprint density at radius 3 is 0.897 bits per heavy atom. The van der Waals surface area contributed by atoms with E-state index in [9.17, 15) is 0 Å². The van der Waals surface area contributed by atoms with Crippen molar-refractivity contribution in [2.45, 2.75) is 13.8 Å². The van der Waals surface area contributed by atoms with Gasteiger partial charge in [-0.3, -0.25) is 0 Å². The molecule has 5 aliphatic rings. The van der Waals surface area contributed by atoms with Crippen molar-refractivity contribution in [1.82, 2.24) is 0 Å². The Morgan fingerprint density at radius 2 is 0.569 bits per heavy atom. The van der Waals surface area contributed by atoms with Gasteiger partial charge >= 0.3 is 0 Å². The van der Waals surface area contributed by atoms with Gasteiger partial charge in [0.05, 0.1) is 22.8 Å². The largest absolute Gasteiger partial charge is 0.232 e. The topological polar surface area (TPSA) is 74.2 Å². The summed E-state index contributed by atoms with van der Waals surface area (Å²) in [6.07, 6.45) is 0. The fraction of sp³-hybridized carbons (Fsp3) is 0.0769. The SMILES string of the molecule is CC1C2=NC3=NC(=NC4=c5cc6ccccc6cc5=C(N=C5N=C(N=C1c1cc6ccccc6cc12)c1cc2ccccc2cc15)C4C)c1cc2ccccc2cc13. The number of fused-ring (bicyclic) bond motifs is 20. The van der Waals surface area contributed by atoms with Gasteiger partial charge in [0.2, 0.25) is 0 Å². The fourth-order valence-electron chi connectivity index (χ4n) is 9.61. The number of benzene rings is 8. The summed E-state index contributed by atoms with van der Waals surface area (Å²) in [6, 6.07) is 51.9. The zero-order chi connectivity index (χ0) is 38.2. The fourth-order valence-corrected chi connectivity index (χ4v) is 9.61. The monoisotopic (exact) mass is 740 g/mol. The molecule has 8 aromatic rings. The Hall–Kier alpha value is -7.44. The predicted octanol–water partition coefficient (Wildman–Crippen LogP) is 9.52. The first kappa shape index (κ1) is 31.7. The average molecular weight is 741 g/mol. The van der Waals surface area contributed by atoms with E-state index in [1.807, 2.05) is 0 Å². The van der Waals surface area contributed by atoms with Crippen molar-refractivity contribution in [3.8, 4) is 0 Å². The molecule has 6 heteroatoms. The van der Waals surface area contributed by atoms with Crippen LogP contribution in [0.4, 0.5) is 0 Å². The molecule has 13 rings (SSSR count). The molecule has 58 heavy (non-hydrogen) atoms. The molecule has 0 radical (unpaired) electrons. The lowest BCUT2D eigenvalue weighted by molar-refractivity contribution is 0.954. The van der Waals surface area contributed by atoms with Gasteiger partial charge in [-0.05, 0) is 91.6 Å². The number of nitrogens with zero attached hydrogens (tertiary/aromatic N) is 6. The Balaban J connectivity index is 1.17. The molecule has 3 heterocycles. The summed E-state index contributed by atoms with van der Waals surface area (Å²) >= 11 is 0. The van der Waals surface area contributed by atoms with Crippen LogP contribution in [0.25, 0.3) is 54.5 Å². The van der Waals surface area contributed by atoms with Gasteiger partial charge in [-0.2, -0.15) is 0 Å². The second kappa shape index (κ2) is 11.6. The van der Waals surface area contributed by atoms with E-state index in [0.29, 0.717) is 23.3 Å². The highest BCUT2D eigenvalue weighted by Gasteiger charge is 2.36. The second-order valence-electron chi connectivity index (χ2n) is 15.9. The molecule has 0 unspecified atom stereocenters. The lowest BCUT2D eigenvalue weighted by atomic mass is 10.00. The highest BCUT2D eigenvalue weighted by molar-refractivity contribution is 6.37. The zero-order valence-electron chi connectivity index (χ0n) is 31.7. The van der Waals surface area contributed by atoms with Gasteiger partial charge in [-0.25, -0.2) is 30.0 Å². The van der Waals surface area contributed by atoms with Crippen LogP contribution in [0.15, 0.2) is 176 Å². The van der Waals surface area contributed by atoms with Crippen molar-refractivity contribution >= 4 is 89.2 Å². The highest BCUT2D eigenvalue weighted by atomic mass is 15.1. The average Bonchev–Trinajstić information content (AvgIpc) is 3.92. The van der Waals surface area contributed by atoms with Crippen molar-refractivity contribution in [2.75, 3.05) is 0 Å². The molecular formula is C52H32N6. The Bertz CT molecular complexity index is 3360. The Labute approximate surface area is 333 Å². The van der Waals surface area contributed by atoms with Crippen molar-refractivity contribution in [2.24, 2.45) is 41.8 Å². The van der Waals surface area contributed by atoms with Crippen LogP contribution in [0.5, 0.6) is 0 Å². The molecule has 2 aliphatic carbocycles. The first-order chi connectivity index (χ1) is 28.5. The smallest absolute Gasteiger partial charge is 0.162 e. The van der Waals surface area contributed by atoms with Crippen molar-refractivity contribution < 1.29 is 0 Å². The first-order valence-electron chi connectivity index (χ1n) is 19.9. The summed E-state index contributed by atoms with van der Waals surface area (Å²) in [5.41, 5.74) is 9.79. The standard InChI is InChI=1S/C52H32N6/c1-27-45-37-19-29-11-3-4-12-30(29)20-38(37)46(27)54-50-42-24-34-16-8-10-18-36(34)26-44(42)52(58-50)56-48-28(2)47(39-21-31-13-5-6-14-32(31)22-40(39)48)55-51-43-25-35-17-9-7-15-33(35)23-41(43)49(53-45)57-51/h3-28H,1-2H3. The van der Waals surface area contributed by atoms with E-state index in [1.54, 1.807) is 0 Å². The molecule has 0 aromatic heterocycles. The maximum absolute atomic E-state index is 5.54. The van der Waals surface area contributed by atoms with E-state index in [2.05, 4.69) is 159 Å². The van der Waals surface area contributed by atoms with E-state index in [1.165, 1.54) is 0 Å². The number of hydrogen-bond acceptors (Lipinski definition) is 6. The molecule has 270 valence electrons. The van der Waals surface area contributed by atoms with E-state index < -0.39 is 0 Å². The van der Waals surface area contributed by atoms with Crippen LogP contribution in [0, 0.1) is 11.8 Å². The number of hydrogen-bond donors (Lipinski definition) is 0. The van der Waals surface area contributed by atoms with Crippen LogP contribution in [0.1, 0.15) is 47.2 Å². The summed E-state index contributed by atoms with van der Waals surface area (Å²) in [5.74, 6) is 2.38. The summed E-state index contributed by atoms with van der Waals surface area (Å²) in [6.45, 7) is 4.41. The van der Waals surface area contributed by atoms with Crippen molar-refractivity contribution in [3.05, 3.63) is 189 Å². The van der Waals surface area contributed by atoms with Gasteiger partial charge < -0.3 is 0 Å². The summed E-state index contributed by atoms with van der Waals surface area (Å²) in [4.78, 5) is 32.8. The second-order valence-corrected chi connectivity index (χ2v) is 15.9. The summed E-state index contributed by atoms with van der Waals surface area (Å²) < 4.78 is 0. The molecule has 0 saturated carbocycles. The van der Waals surface area contributed by atoms with Crippen LogP contribution in [-0.2, 0) is 0 Å². The quantitative estimate of drug-likeness (QED) is 0.149. The lowest BCUT2D eigenvalue weighted by Crippen LogP contribution is -2.24. The third-order valence-electron chi connectivity index (χ3n) is 12.6. The summed E-state index contributed by atoms with van der Waals surface area (Å²) in [7, 11) is 0. The molecule has 0 N–H and O–H groups in total. The zero-order valence-corrected chi connectivity index (χ0v) is 31.7. The van der Waals surface area contributed by atoms with E-state index in [-0.39, 0.29) is 11.8 Å². The van der Waals surface area contributed by atoms with Gasteiger partial charge in [0.25, 0.3) is 0 Å². The van der Waals surface area contributed by atoms with Crippen LogP contribution >= 0.6 is 0 Å². The first-order valence-corrected chi connectivity index (χ1v) is 19.9. The molecule has 8 bridgehead atoms. The molecule has 0 atom stereocenters. The summed E-state index contributed by atoms with van der Waals surface area (Å²) in [5, 5.41) is 11.3. The predicted molar refractivity (Wildman–Crippen MR) is 239 cm³/mol. The molecule has 0 amide bonds. The molecule has 6 nitrogen and oxygen atoms in total. The van der Waals surface area contributed by atoms with Gasteiger partial charge in [0, 0.05) is 55.7 Å². The lowest BCUT2D eigenvalue weighted by Gasteiger charge is -2.10. The minimum Gasteiger partial charge on any atom is -0.232 e. The van der Waals surface area contributed by atoms with Crippen molar-refractivity contribution in [3.63, 3.8) is 0 Å². The van der Waals surface area contributed by atoms with Gasteiger partial charge in [-0.15, -0.1) is 0 Å². The molecule has 8 aromatic carbocycles. The minimum atomic E-state index is -0.142. The number of amidine groups is 4.